The van der Waals surface area contributed by atoms with E-state index in [0.29, 0.717) is 6.42 Å². The fourth-order valence-corrected chi connectivity index (χ4v) is 7.53. The molecule has 2 atom stereocenters. The molecule has 0 aromatic carbocycles. The monoisotopic (exact) mass is 860 g/mol. The first kappa shape index (κ1) is 59.3. The van der Waals surface area contributed by atoms with Crippen molar-refractivity contribution in [2.45, 2.75) is 257 Å². The summed E-state index contributed by atoms with van der Waals surface area (Å²) in [7, 11) is 0. The number of nitrogens with one attached hydrogen (secondary N) is 1. The van der Waals surface area contributed by atoms with E-state index in [2.05, 4.69) is 104 Å². The molecule has 62 heavy (non-hydrogen) atoms. The highest BCUT2D eigenvalue weighted by molar-refractivity contribution is 5.76. The van der Waals surface area contributed by atoms with Crippen LogP contribution in [0.4, 0.5) is 0 Å². The minimum Gasteiger partial charge on any atom is -0.394 e. The van der Waals surface area contributed by atoms with Crippen LogP contribution in [0.5, 0.6) is 0 Å². The Morgan fingerprint density at radius 2 is 0.726 bits per heavy atom. The number of rotatable bonds is 47. The molecule has 1 amide bonds. The van der Waals surface area contributed by atoms with Crippen molar-refractivity contribution in [3.05, 3.63) is 97.2 Å². The predicted octanol–water partition coefficient (Wildman–Crippen LogP) is 17.4. The van der Waals surface area contributed by atoms with E-state index in [0.717, 1.165) is 70.6 Å². The van der Waals surface area contributed by atoms with Gasteiger partial charge in [0.05, 0.1) is 18.8 Å². The van der Waals surface area contributed by atoms with Crippen LogP contribution >= 0.6 is 0 Å². The summed E-state index contributed by atoms with van der Waals surface area (Å²) in [5.41, 5.74) is 0. The van der Waals surface area contributed by atoms with Crippen molar-refractivity contribution >= 4 is 5.91 Å². The van der Waals surface area contributed by atoms with Crippen LogP contribution in [-0.4, -0.2) is 34.9 Å². The van der Waals surface area contributed by atoms with Crippen LogP contribution in [0.3, 0.4) is 0 Å². The molecule has 0 bridgehead atoms. The molecule has 356 valence electrons. The summed E-state index contributed by atoms with van der Waals surface area (Å²) >= 11 is 0. The lowest BCUT2D eigenvalue weighted by molar-refractivity contribution is -0.123. The Bertz CT molecular complexity index is 1160. The van der Waals surface area contributed by atoms with Gasteiger partial charge >= 0.3 is 0 Å². The standard InChI is InChI=1S/C58H101NO3/c1-3-5-7-9-11-13-15-17-19-20-21-22-23-24-25-26-27-28-29-30-31-32-33-34-35-36-37-38-40-42-44-46-48-50-52-54-58(62)59-56(55-60)57(61)53-51-49-47-45-43-41-39-18-16-14-12-10-8-6-4-2/h5,7,11,13,16-19,21-22,24-25,43,45,51,53,56-57,60-61H,3-4,6,8-10,12,14-15,20,23,26-42,44,46-50,52,54-55H2,1-2H3,(H,59,62)/b7-5-,13-11-,18-16+,19-17-,22-21-,25-24-,45-43+,53-51+. The van der Waals surface area contributed by atoms with Crippen LogP contribution in [-0.2, 0) is 4.79 Å². The maximum absolute atomic E-state index is 12.4. The van der Waals surface area contributed by atoms with Gasteiger partial charge in [0.1, 0.15) is 0 Å². The van der Waals surface area contributed by atoms with Gasteiger partial charge in [0.25, 0.3) is 0 Å². The Kier molecular flexibility index (Phi) is 50.4. The van der Waals surface area contributed by atoms with E-state index >= 15 is 0 Å². The molecule has 0 fully saturated rings. The minimum absolute atomic E-state index is 0.0793. The van der Waals surface area contributed by atoms with E-state index in [1.54, 1.807) is 6.08 Å². The van der Waals surface area contributed by atoms with E-state index in [4.69, 9.17) is 0 Å². The lowest BCUT2D eigenvalue weighted by Gasteiger charge is -2.19. The summed E-state index contributed by atoms with van der Waals surface area (Å²) in [6.45, 7) is 4.16. The van der Waals surface area contributed by atoms with Gasteiger partial charge in [0, 0.05) is 6.42 Å². The van der Waals surface area contributed by atoms with Gasteiger partial charge < -0.3 is 15.5 Å². The smallest absolute Gasteiger partial charge is 0.220 e. The van der Waals surface area contributed by atoms with Crippen molar-refractivity contribution in [1.82, 2.24) is 5.32 Å². The molecule has 0 aliphatic rings. The molecular formula is C58H101NO3. The first-order chi connectivity index (χ1) is 30.7. The van der Waals surface area contributed by atoms with E-state index in [1.807, 2.05) is 6.08 Å². The van der Waals surface area contributed by atoms with Crippen LogP contribution in [0.25, 0.3) is 0 Å². The van der Waals surface area contributed by atoms with Crippen molar-refractivity contribution in [2.24, 2.45) is 0 Å². The summed E-state index contributed by atoms with van der Waals surface area (Å²) in [5, 5.41) is 23.0. The third-order valence-electron chi connectivity index (χ3n) is 11.5. The first-order valence-electron chi connectivity index (χ1n) is 26.5. The fourth-order valence-electron chi connectivity index (χ4n) is 7.53. The second-order valence-corrected chi connectivity index (χ2v) is 17.5. The number of unbranched alkanes of at least 4 members (excludes halogenated alkanes) is 26. The largest absolute Gasteiger partial charge is 0.394 e. The summed E-state index contributed by atoms with van der Waals surface area (Å²) in [6.07, 6.45) is 78.4. The van der Waals surface area contributed by atoms with Crippen molar-refractivity contribution in [3.63, 3.8) is 0 Å². The zero-order valence-corrected chi connectivity index (χ0v) is 40.9. The SMILES string of the molecule is CC/C=C\C/C=C\C/C=C\C/C=C\C/C=C\CCCCCCCCCCCCCCCCCCCCCC(=O)NC(CO)C(O)/C=C/CC/C=C/CC/C=C/CCCCCCC. The molecule has 0 aromatic rings. The molecule has 0 saturated carbocycles. The number of carbonyl (C=O) groups excluding carboxylic acids is 1. The number of hydrogen-bond acceptors (Lipinski definition) is 3. The molecule has 0 aliphatic carbocycles. The van der Waals surface area contributed by atoms with Gasteiger partial charge in [0.2, 0.25) is 5.91 Å². The van der Waals surface area contributed by atoms with Crippen molar-refractivity contribution in [2.75, 3.05) is 6.61 Å². The van der Waals surface area contributed by atoms with Gasteiger partial charge in [-0.2, -0.15) is 0 Å². The second-order valence-electron chi connectivity index (χ2n) is 17.5. The van der Waals surface area contributed by atoms with Crippen molar-refractivity contribution in [1.29, 1.82) is 0 Å². The Labute approximate surface area is 385 Å². The molecule has 0 heterocycles. The number of aliphatic hydroxyl groups excluding tert-OH is 2. The number of aliphatic hydroxyl groups is 2. The normalized spacial score (nSPS) is 13.7. The zero-order valence-electron chi connectivity index (χ0n) is 40.9. The zero-order chi connectivity index (χ0) is 44.9. The average molecular weight is 860 g/mol. The third-order valence-corrected chi connectivity index (χ3v) is 11.5. The lowest BCUT2D eigenvalue weighted by Crippen LogP contribution is -2.45. The first-order valence-corrected chi connectivity index (χ1v) is 26.5. The summed E-state index contributed by atoms with van der Waals surface area (Å²) in [6, 6.07) is -0.648. The van der Waals surface area contributed by atoms with E-state index in [-0.39, 0.29) is 12.5 Å². The molecule has 3 N–H and O–H groups in total. The van der Waals surface area contributed by atoms with Crippen LogP contribution in [0.1, 0.15) is 245 Å². The van der Waals surface area contributed by atoms with Crippen molar-refractivity contribution in [3.8, 4) is 0 Å². The Balaban J connectivity index is 3.51. The van der Waals surface area contributed by atoms with Gasteiger partial charge in [-0.1, -0.05) is 246 Å². The Morgan fingerprint density at radius 3 is 1.13 bits per heavy atom. The summed E-state index contributed by atoms with van der Waals surface area (Å²) in [5.74, 6) is -0.0793. The summed E-state index contributed by atoms with van der Waals surface area (Å²) < 4.78 is 0. The van der Waals surface area contributed by atoms with Crippen molar-refractivity contribution < 1.29 is 15.0 Å². The van der Waals surface area contributed by atoms with E-state index in [1.165, 1.54) is 154 Å². The van der Waals surface area contributed by atoms with Gasteiger partial charge in [-0.3, -0.25) is 4.79 Å². The highest BCUT2D eigenvalue weighted by atomic mass is 16.3. The quantitative estimate of drug-likeness (QED) is 0.0422. The molecule has 4 nitrogen and oxygen atoms in total. The minimum atomic E-state index is -0.873. The number of hydrogen-bond donors (Lipinski definition) is 3. The molecule has 0 spiro atoms. The van der Waals surface area contributed by atoms with Crippen LogP contribution in [0.2, 0.25) is 0 Å². The van der Waals surface area contributed by atoms with Gasteiger partial charge in [0.15, 0.2) is 0 Å². The topological polar surface area (TPSA) is 69.6 Å². The third kappa shape index (κ3) is 48.3. The van der Waals surface area contributed by atoms with Crippen LogP contribution in [0.15, 0.2) is 97.2 Å². The molecule has 0 aliphatic heterocycles. The maximum atomic E-state index is 12.4. The highest BCUT2D eigenvalue weighted by Gasteiger charge is 2.17. The highest BCUT2D eigenvalue weighted by Crippen LogP contribution is 2.16. The molecular weight excluding hydrogens is 759 g/mol. The molecule has 0 rings (SSSR count). The van der Waals surface area contributed by atoms with Crippen LogP contribution < -0.4 is 5.32 Å². The molecule has 4 heteroatoms. The van der Waals surface area contributed by atoms with E-state index in [9.17, 15) is 15.0 Å². The van der Waals surface area contributed by atoms with Gasteiger partial charge in [-0.15, -0.1) is 0 Å². The number of carbonyl (C=O) groups is 1. The molecule has 0 aromatic heterocycles. The van der Waals surface area contributed by atoms with Gasteiger partial charge in [-0.25, -0.2) is 0 Å². The van der Waals surface area contributed by atoms with E-state index < -0.39 is 12.1 Å². The summed E-state index contributed by atoms with van der Waals surface area (Å²) in [4.78, 5) is 12.4. The lowest BCUT2D eigenvalue weighted by atomic mass is 10.0. The average Bonchev–Trinajstić information content (AvgIpc) is 3.28. The fraction of sp³-hybridized carbons (Fsp3) is 0.707. The number of allylic oxidation sites excluding steroid dienone is 15. The second kappa shape index (κ2) is 52.7. The predicted molar refractivity (Wildman–Crippen MR) is 276 cm³/mol. The molecule has 0 saturated heterocycles. The molecule has 2 unspecified atom stereocenters. The maximum Gasteiger partial charge on any atom is 0.220 e. The van der Waals surface area contributed by atoms with Gasteiger partial charge in [-0.05, 0) is 89.9 Å². The molecule has 0 radical (unpaired) electrons. The number of amides is 1. The van der Waals surface area contributed by atoms with Crippen LogP contribution in [0, 0.1) is 0 Å². The Morgan fingerprint density at radius 1 is 0.403 bits per heavy atom. The Hall–Kier alpha value is -2.69.